The van der Waals surface area contributed by atoms with Crippen LogP contribution in [-0.2, 0) is 9.53 Å². The quantitative estimate of drug-likeness (QED) is 0.483. The van der Waals surface area contributed by atoms with E-state index >= 15 is 0 Å². The summed E-state index contributed by atoms with van der Waals surface area (Å²) in [6.45, 7) is 14.0. The third-order valence-corrected chi connectivity index (χ3v) is 3.51. The van der Waals surface area contributed by atoms with Crippen LogP contribution in [-0.4, -0.2) is 12.1 Å². The summed E-state index contributed by atoms with van der Waals surface area (Å²) in [6.07, 6.45) is 8.17. The molecule has 2 nitrogen and oxygen atoms in total. The molecule has 0 aliphatic heterocycles. The van der Waals surface area contributed by atoms with Crippen molar-refractivity contribution < 1.29 is 9.53 Å². The molecule has 0 amide bonds. The first-order valence-electron chi connectivity index (χ1n) is 8.27. The van der Waals surface area contributed by atoms with E-state index in [0.29, 0.717) is 0 Å². The Bertz CT molecular complexity index is 201. The minimum absolute atomic E-state index is 0.0168. The number of esters is 1. The molecule has 116 valence electrons. The lowest BCUT2D eigenvalue weighted by Crippen LogP contribution is -2.29. The van der Waals surface area contributed by atoms with Crippen LogP contribution in [0.4, 0.5) is 0 Å². The van der Waals surface area contributed by atoms with Crippen molar-refractivity contribution in [3.05, 3.63) is 0 Å². The second-order valence-electron chi connectivity index (χ2n) is 5.26. The Labute approximate surface area is 121 Å². The molecule has 1 aliphatic carbocycles. The molecule has 19 heavy (non-hydrogen) atoms. The van der Waals surface area contributed by atoms with Crippen molar-refractivity contribution in [2.45, 2.75) is 99.5 Å². The highest BCUT2D eigenvalue weighted by Gasteiger charge is 2.29. The standard InChI is InChI=1S/C13H24O2.2C2H6/c1-4-13(2,3)12(14)15-11-9-7-5-6-8-10-11;2*1-2/h11H,4-10H2,1-3H3;2*1-2H3. The summed E-state index contributed by atoms with van der Waals surface area (Å²) in [5, 5.41) is 0. The topological polar surface area (TPSA) is 26.3 Å². The van der Waals surface area contributed by atoms with Crippen LogP contribution in [0.5, 0.6) is 0 Å². The zero-order valence-corrected chi connectivity index (χ0v) is 14.3. The number of hydrogen-bond donors (Lipinski definition) is 0. The number of ether oxygens (including phenoxy) is 1. The molecular formula is C17H36O2. The maximum Gasteiger partial charge on any atom is 0.311 e. The summed E-state index contributed by atoms with van der Waals surface area (Å²) in [6, 6.07) is 0. The summed E-state index contributed by atoms with van der Waals surface area (Å²) >= 11 is 0. The van der Waals surface area contributed by atoms with Gasteiger partial charge >= 0.3 is 5.97 Å². The first-order chi connectivity index (χ1) is 9.06. The molecule has 0 bridgehead atoms. The van der Waals surface area contributed by atoms with Crippen molar-refractivity contribution in [2.75, 3.05) is 0 Å². The van der Waals surface area contributed by atoms with Gasteiger partial charge in [0, 0.05) is 0 Å². The van der Waals surface area contributed by atoms with E-state index in [2.05, 4.69) is 0 Å². The van der Waals surface area contributed by atoms with Gasteiger partial charge in [0.2, 0.25) is 0 Å². The molecule has 0 unspecified atom stereocenters. The van der Waals surface area contributed by atoms with Gasteiger partial charge in [-0.25, -0.2) is 0 Å². The largest absolute Gasteiger partial charge is 0.462 e. The predicted octanol–water partition coefficient (Wildman–Crippen LogP) is 5.74. The number of hydrogen-bond acceptors (Lipinski definition) is 2. The first-order valence-corrected chi connectivity index (χ1v) is 8.27. The monoisotopic (exact) mass is 272 g/mol. The summed E-state index contributed by atoms with van der Waals surface area (Å²) in [4.78, 5) is 11.9. The minimum Gasteiger partial charge on any atom is -0.462 e. The van der Waals surface area contributed by atoms with Crippen LogP contribution in [0.3, 0.4) is 0 Å². The molecule has 1 aliphatic rings. The molecule has 1 rings (SSSR count). The highest BCUT2D eigenvalue weighted by atomic mass is 16.5. The van der Waals surface area contributed by atoms with Crippen LogP contribution in [0.15, 0.2) is 0 Å². The highest BCUT2D eigenvalue weighted by Crippen LogP contribution is 2.26. The first kappa shape index (κ1) is 20.8. The molecule has 0 radical (unpaired) electrons. The Kier molecular flexibility index (Phi) is 13.7. The fourth-order valence-electron chi connectivity index (χ4n) is 1.81. The molecule has 0 N–H and O–H groups in total. The molecule has 0 heterocycles. The van der Waals surface area contributed by atoms with E-state index in [1.165, 1.54) is 25.7 Å². The summed E-state index contributed by atoms with van der Waals surface area (Å²) in [5.74, 6) is -0.0168. The molecule has 0 atom stereocenters. The summed E-state index contributed by atoms with van der Waals surface area (Å²) in [5.41, 5.74) is -0.313. The van der Waals surface area contributed by atoms with Crippen molar-refractivity contribution in [2.24, 2.45) is 5.41 Å². The lowest BCUT2D eigenvalue weighted by atomic mass is 9.90. The molecule has 0 aromatic heterocycles. The van der Waals surface area contributed by atoms with Gasteiger partial charge in [-0.05, 0) is 46.0 Å². The van der Waals surface area contributed by atoms with Crippen molar-refractivity contribution in [3.63, 3.8) is 0 Å². The van der Waals surface area contributed by atoms with Crippen LogP contribution in [0.1, 0.15) is 93.4 Å². The van der Waals surface area contributed by atoms with Crippen molar-refractivity contribution >= 4 is 5.97 Å². The van der Waals surface area contributed by atoms with Gasteiger partial charge in [0.05, 0.1) is 5.41 Å². The molecular weight excluding hydrogens is 236 g/mol. The SMILES string of the molecule is CC.CC.CCC(C)(C)C(=O)OC1CCCCCC1. The smallest absolute Gasteiger partial charge is 0.311 e. The average Bonchev–Trinajstić information content (AvgIpc) is 2.72. The molecule has 0 saturated heterocycles. The van der Waals surface area contributed by atoms with Gasteiger partial charge in [-0.2, -0.15) is 0 Å². The van der Waals surface area contributed by atoms with Crippen LogP contribution in [0, 0.1) is 5.41 Å². The Balaban J connectivity index is 0. The third kappa shape index (κ3) is 9.07. The highest BCUT2D eigenvalue weighted by molar-refractivity contribution is 5.75. The van der Waals surface area contributed by atoms with E-state index in [-0.39, 0.29) is 17.5 Å². The van der Waals surface area contributed by atoms with Crippen molar-refractivity contribution in [1.82, 2.24) is 0 Å². The van der Waals surface area contributed by atoms with Crippen molar-refractivity contribution in [1.29, 1.82) is 0 Å². The minimum atomic E-state index is -0.313. The van der Waals surface area contributed by atoms with E-state index < -0.39 is 0 Å². The predicted molar refractivity (Wildman–Crippen MR) is 84.4 cm³/mol. The second kappa shape index (κ2) is 12.5. The number of rotatable bonds is 3. The van der Waals surface area contributed by atoms with Gasteiger partial charge in [-0.15, -0.1) is 0 Å². The molecule has 1 saturated carbocycles. The lowest BCUT2D eigenvalue weighted by Gasteiger charge is -2.24. The normalized spacial score (nSPS) is 16.2. The molecule has 1 fully saturated rings. The van der Waals surface area contributed by atoms with Crippen LogP contribution >= 0.6 is 0 Å². The third-order valence-electron chi connectivity index (χ3n) is 3.51. The van der Waals surface area contributed by atoms with E-state index in [0.717, 1.165) is 19.3 Å². The van der Waals surface area contributed by atoms with Crippen LogP contribution < -0.4 is 0 Å². The molecule has 0 aromatic rings. The zero-order valence-electron chi connectivity index (χ0n) is 14.3. The number of carbonyl (C=O) groups is 1. The zero-order chi connectivity index (χ0) is 15.3. The number of carbonyl (C=O) groups excluding carboxylic acids is 1. The summed E-state index contributed by atoms with van der Waals surface area (Å²) < 4.78 is 5.59. The van der Waals surface area contributed by atoms with Crippen molar-refractivity contribution in [3.8, 4) is 0 Å². The Morgan fingerprint density at radius 1 is 1.00 bits per heavy atom. The van der Waals surface area contributed by atoms with Crippen LogP contribution in [0.25, 0.3) is 0 Å². The lowest BCUT2D eigenvalue weighted by molar-refractivity contribution is -0.160. The van der Waals surface area contributed by atoms with E-state index in [1.54, 1.807) is 0 Å². The molecule has 0 spiro atoms. The van der Waals surface area contributed by atoms with Gasteiger partial charge in [0.25, 0.3) is 0 Å². The van der Waals surface area contributed by atoms with E-state index in [4.69, 9.17) is 4.74 Å². The van der Waals surface area contributed by atoms with Gasteiger partial charge < -0.3 is 4.74 Å². The average molecular weight is 272 g/mol. The second-order valence-corrected chi connectivity index (χ2v) is 5.26. The molecule has 0 aromatic carbocycles. The summed E-state index contributed by atoms with van der Waals surface area (Å²) in [7, 11) is 0. The maximum absolute atomic E-state index is 11.9. The maximum atomic E-state index is 11.9. The Morgan fingerprint density at radius 2 is 1.42 bits per heavy atom. The Hall–Kier alpha value is -0.530. The fraction of sp³-hybridized carbons (Fsp3) is 0.941. The van der Waals surface area contributed by atoms with Gasteiger partial charge in [0.1, 0.15) is 6.10 Å². The fourth-order valence-corrected chi connectivity index (χ4v) is 1.81. The van der Waals surface area contributed by atoms with Crippen LogP contribution in [0.2, 0.25) is 0 Å². The molecule has 2 heteroatoms. The van der Waals surface area contributed by atoms with Gasteiger partial charge in [0.15, 0.2) is 0 Å². The van der Waals surface area contributed by atoms with E-state index in [9.17, 15) is 4.79 Å². The van der Waals surface area contributed by atoms with Gasteiger partial charge in [-0.3, -0.25) is 4.79 Å². The van der Waals surface area contributed by atoms with E-state index in [1.807, 2.05) is 48.5 Å². The van der Waals surface area contributed by atoms with Gasteiger partial charge in [-0.1, -0.05) is 47.5 Å². The Morgan fingerprint density at radius 3 is 1.79 bits per heavy atom.